The summed E-state index contributed by atoms with van der Waals surface area (Å²) in [5.41, 5.74) is -1.27. The maximum absolute atomic E-state index is 13.0. The highest BCUT2D eigenvalue weighted by Gasteiger charge is 2.59. The van der Waals surface area contributed by atoms with Gasteiger partial charge in [0.25, 0.3) is 0 Å². The molecule has 0 N–H and O–H groups in total. The maximum atomic E-state index is 13.0. The van der Waals surface area contributed by atoms with Crippen molar-refractivity contribution in [2.75, 3.05) is 13.0 Å². The zero-order valence-electron chi connectivity index (χ0n) is 16.3. The molecule has 148 valence electrons. The van der Waals surface area contributed by atoms with Crippen LogP contribution in [0.5, 0.6) is 0 Å². The van der Waals surface area contributed by atoms with Crippen LogP contribution in [0, 0.1) is 5.92 Å². The van der Waals surface area contributed by atoms with E-state index in [1.807, 2.05) is 30.3 Å². The molecule has 1 heterocycles. The Balaban J connectivity index is 2.59. The summed E-state index contributed by atoms with van der Waals surface area (Å²) >= 11 is 5.83. The number of carbonyl (C=O) groups excluding carboxylic acids is 3. The Labute approximate surface area is 164 Å². The lowest BCUT2D eigenvalue weighted by Gasteiger charge is -2.36. The van der Waals surface area contributed by atoms with Crippen LogP contribution >= 0.6 is 11.6 Å². The Bertz CT molecular complexity index is 715. The minimum Gasteiger partial charge on any atom is -0.467 e. The Morgan fingerprint density at radius 1 is 1.22 bits per heavy atom. The van der Waals surface area contributed by atoms with Gasteiger partial charge in [0, 0.05) is 0 Å². The van der Waals surface area contributed by atoms with Gasteiger partial charge >= 0.3 is 11.9 Å². The van der Waals surface area contributed by atoms with E-state index in [4.69, 9.17) is 21.1 Å². The van der Waals surface area contributed by atoms with E-state index in [0.717, 1.165) is 5.56 Å². The number of hydrogen-bond donors (Lipinski definition) is 0. The Morgan fingerprint density at radius 3 is 2.30 bits per heavy atom. The maximum Gasteiger partial charge on any atom is 0.331 e. The van der Waals surface area contributed by atoms with Crippen molar-refractivity contribution in [3.05, 3.63) is 35.9 Å². The molecule has 1 aliphatic rings. The summed E-state index contributed by atoms with van der Waals surface area (Å²) in [5.74, 6) is -2.52. The second kappa shape index (κ2) is 7.89. The lowest BCUT2D eigenvalue weighted by molar-refractivity contribution is -0.161. The molecule has 0 aliphatic carbocycles. The van der Waals surface area contributed by atoms with Crippen LogP contribution in [0.4, 0.5) is 0 Å². The third-order valence-corrected chi connectivity index (χ3v) is 4.90. The molecule has 6 nitrogen and oxygen atoms in total. The smallest absolute Gasteiger partial charge is 0.331 e. The number of likely N-dealkylation sites (tertiary alicyclic amines) is 1. The molecule has 0 bridgehead atoms. The number of nitrogens with zero attached hydrogens (tertiary/aromatic N) is 1. The zero-order valence-corrected chi connectivity index (χ0v) is 17.1. The van der Waals surface area contributed by atoms with Crippen molar-refractivity contribution in [1.82, 2.24) is 4.90 Å². The monoisotopic (exact) mass is 395 g/mol. The van der Waals surface area contributed by atoms with Crippen molar-refractivity contribution >= 4 is 29.4 Å². The van der Waals surface area contributed by atoms with E-state index in [9.17, 15) is 14.4 Å². The van der Waals surface area contributed by atoms with E-state index >= 15 is 0 Å². The molecule has 0 unspecified atom stereocenters. The van der Waals surface area contributed by atoms with Gasteiger partial charge in [-0.3, -0.25) is 9.59 Å². The van der Waals surface area contributed by atoms with Crippen LogP contribution in [0.1, 0.15) is 45.7 Å². The van der Waals surface area contributed by atoms with Crippen LogP contribution in [-0.4, -0.2) is 46.9 Å². The van der Waals surface area contributed by atoms with Crippen molar-refractivity contribution < 1.29 is 23.9 Å². The molecule has 7 heteroatoms. The van der Waals surface area contributed by atoms with Crippen LogP contribution in [-0.2, 0) is 23.9 Å². The number of methoxy groups -OCH3 is 1. The second-order valence-electron chi connectivity index (χ2n) is 7.86. The molecule has 1 aliphatic heterocycles. The Morgan fingerprint density at radius 2 is 1.81 bits per heavy atom. The number of amides is 1. The van der Waals surface area contributed by atoms with Gasteiger partial charge in [-0.15, -0.1) is 11.6 Å². The van der Waals surface area contributed by atoms with Gasteiger partial charge in [0.2, 0.25) is 5.91 Å². The number of alkyl halides is 1. The summed E-state index contributed by atoms with van der Waals surface area (Å²) in [6.07, 6.45) is 0.0940. The van der Waals surface area contributed by atoms with E-state index in [1.54, 1.807) is 27.7 Å². The first-order valence-corrected chi connectivity index (χ1v) is 9.33. The average molecular weight is 396 g/mol. The minimum atomic E-state index is -1.32. The summed E-state index contributed by atoms with van der Waals surface area (Å²) in [7, 11) is 1.26. The molecule has 0 saturated carbocycles. The first-order valence-electron chi connectivity index (χ1n) is 8.79. The number of ether oxygens (including phenoxy) is 2. The summed E-state index contributed by atoms with van der Waals surface area (Å²) < 4.78 is 10.5. The molecular weight excluding hydrogens is 370 g/mol. The average Bonchev–Trinajstić information content (AvgIpc) is 2.94. The van der Waals surface area contributed by atoms with Crippen molar-refractivity contribution in [3.8, 4) is 0 Å². The first-order chi connectivity index (χ1) is 12.5. The highest BCUT2D eigenvalue weighted by Crippen LogP contribution is 2.48. The molecule has 0 radical (unpaired) electrons. The van der Waals surface area contributed by atoms with Crippen molar-refractivity contribution in [1.29, 1.82) is 0 Å². The third-order valence-electron chi connectivity index (χ3n) is 4.67. The second-order valence-corrected chi connectivity index (χ2v) is 8.13. The highest BCUT2D eigenvalue weighted by molar-refractivity contribution is 6.27. The van der Waals surface area contributed by atoms with Crippen LogP contribution in [0.2, 0.25) is 0 Å². The van der Waals surface area contributed by atoms with Gasteiger partial charge < -0.3 is 14.4 Å². The largest absolute Gasteiger partial charge is 0.467 e. The lowest BCUT2D eigenvalue weighted by Crippen LogP contribution is -2.52. The predicted octanol–water partition coefficient (Wildman–Crippen LogP) is 3.09. The molecule has 2 rings (SSSR count). The fourth-order valence-corrected chi connectivity index (χ4v) is 3.77. The normalized spacial score (nSPS) is 25.2. The molecule has 3 atom stereocenters. The molecule has 1 amide bonds. The topological polar surface area (TPSA) is 72.9 Å². The van der Waals surface area contributed by atoms with Gasteiger partial charge in [0.05, 0.1) is 19.1 Å². The fraction of sp³-hybridized carbons (Fsp3) is 0.550. The summed E-state index contributed by atoms with van der Waals surface area (Å²) in [5, 5.41) is 0. The number of rotatable bonds is 4. The zero-order chi connectivity index (χ0) is 20.4. The predicted molar refractivity (Wildman–Crippen MR) is 101 cm³/mol. The van der Waals surface area contributed by atoms with Crippen molar-refractivity contribution in [3.63, 3.8) is 0 Å². The van der Waals surface area contributed by atoms with Gasteiger partial charge in [-0.25, -0.2) is 4.79 Å². The van der Waals surface area contributed by atoms with Gasteiger partial charge in [-0.2, -0.15) is 0 Å². The molecular formula is C20H26ClNO5. The van der Waals surface area contributed by atoms with Crippen LogP contribution in [0.25, 0.3) is 0 Å². The molecule has 1 fully saturated rings. The summed E-state index contributed by atoms with van der Waals surface area (Å²) in [4.78, 5) is 39.6. The molecule has 0 spiro atoms. The number of hydrogen-bond acceptors (Lipinski definition) is 5. The number of benzene rings is 1. The lowest BCUT2D eigenvalue weighted by atomic mass is 9.90. The number of carbonyl (C=O) groups is 3. The van der Waals surface area contributed by atoms with Crippen LogP contribution < -0.4 is 0 Å². The highest BCUT2D eigenvalue weighted by atomic mass is 35.5. The number of halogens is 1. The van der Waals surface area contributed by atoms with Gasteiger partial charge in [0.1, 0.15) is 17.0 Å². The molecule has 0 aromatic heterocycles. The third kappa shape index (κ3) is 4.26. The Kier molecular flexibility index (Phi) is 6.20. The molecule has 1 aromatic rings. The molecule has 27 heavy (non-hydrogen) atoms. The fourth-order valence-electron chi connectivity index (χ4n) is 3.64. The molecule has 1 aromatic carbocycles. The van der Waals surface area contributed by atoms with E-state index < -0.39 is 40.9 Å². The van der Waals surface area contributed by atoms with E-state index in [2.05, 4.69) is 0 Å². The summed E-state index contributed by atoms with van der Waals surface area (Å²) in [6, 6.07) is 8.45. The van der Waals surface area contributed by atoms with Gasteiger partial charge in [0.15, 0.2) is 0 Å². The van der Waals surface area contributed by atoms with Gasteiger partial charge in [-0.1, -0.05) is 30.3 Å². The van der Waals surface area contributed by atoms with E-state index in [-0.39, 0.29) is 12.3 Å². The van der Waals surface area contributed by atoms with Crippen LogP contribution in [0.3, 0.4) is 0 Å². The Hall–Kier alpha value is -2.08. The SMILES string of the molecule is COC(=O)[C@]1(C)C[C@@H](C(=O)OC(C)(C)C)[C@@H](c2ccccc2)N1C(=O)CCl. The quantitative estimate of drug-likeness (QED) is 0.578. The van der Waals surface area contributed by atoms with E-state index in [0.29, 0.717) is 0 Å². The first kappa shape index (κ1) is 21.2. The standard InChI is InChI=1S/C20H26ClNO5/c1-19(2,3)27-17(24)14-11-20(4,18(25)26-5)22(15(23)12-21)16(14)13-9-7-6-8-10-13/h6-10,14,16H,11-12H2,1-5H3/t14-,16-,20+/m1/s1. The minimum absolute atomic E-state index is 0.0940. The van der Waals surface area contributed by atoms with Crippen molar-refractivity contribution in [2.45, 2.75) is 51.3 Å². The number of esters is 2. The van der Waals surface area contributed by atoms with Gasteiger partial charge in [-0.05, 0) is 39.7 Å². The summed E-state index contributed by atoms with van der Waals surface area (Å²) in [6.45, 7) is 6.93. The van der Waals surface area contributed by atoms with Crippen LogP contribution in [0.15, 0.2) is 30.3 Å². The van der Waals surface area contributed by atoms with Crippen molar-refractivity contribution in [2.24, 2.45) is 5.92 Å². The molecule has 1 saturated heterocycles. The van der Waals surface area contributed by atoms with E-state index in [1.165, 1.54) is 12.0 Å².